The quantitative estimate of drug-likeness (QED) is 0.389. The lowest BCUT2D eigenvalue weighted by Gasteiger charge is -2.66. The van der Waals surface area contributed by atoms with Gasteiger partial charge in [-0.1, -0.05) is 45.8 Å². The van der Waals surface area contributed by atoms with E-state index >= 15 is 0 Å². The third kappa shape index (κ3) is 2.97. The summed E-state index contributed by atoms with van der Waals surface area (Å²) in [6.45, 7) is 11.5. The molecule has 1 N–H and O–H groups in total. The largest absolute Gasteiger partial charge is 0.486 e. The number of carbonyl (C=O) groups excluding carboxylic acids is 1. The van der Waals surface area contributed by atoms with Crippen LogP contribution in [0.25, 0.3) is 10.4 Å². The molecular formula is C25H36N4O3. The average Bonchev–Trinajstić information content (AvgIpc) is 3.05. The number of hydrogen-bond acceptors (Lipinski definition) is 4. The number of fused-ring (bicyclic) bond motifs is 2. The van der Waals surface area contributed by atoms with E-state index in [1.54, 1.807) is 4.90 Å². The minimum atomic E-state index is -0.733. The first kappa shape index (κ1) is 22.9. The zero-order chi connectivity index (χ0) is 23.5. The fourth-order valence-electron chi connectivity index (χ4n) is 7.04. The molecule has 0 spiro atoms. The number of hydrogen-bond donors (Lipinski definition) is 1. The molecule has 0 radical (unpaired) electrons. The molecule has 1 aromatic rings. The number of ether oxygens (including phenoxy) is 1. The average molecular weight is 441 g/mol. The molecule has 7 heteroatoms. The highest BCUT2D eigenvalue weighted by Crippen LogP contribution is 2.64. The molecule has 6 atom stereocenters. The molecular weight excluding hydrogens is 404 g/mol. The van der Waals surface area contributed by atoms with Crippen molar-refractivity contribution in [3.8, 4) is 5.75 Å². The van der Waals surface area contributed by atoms with E-state index in [0.29, 0.717) is 24.4 Å². The molecule has 3 aliphatic rings. The first-order valence-corrected chi connectivity index (χ1v) is 11.8. The molecule has 1 aliphatic heterocycles. The Hall–Kier alpha value is -2.24. The molecule has 0 saturated heterocycles. The molecule has 6 unspecified atom stereocenters. The molecule has 2 aliphatic carbocycles. The molecule has 1 amide bonds. The second-order valence-corrected chi connectivity index (χ2v) is 11.0. The maximum absolute atomic E-state index is 12.6. The van der Waals surface area contributed by atoms with Crippen LogP contribution in [0.1, 0.15) is 76.2 Å². The van der Waals surface area contributed by atoms with E-state index in [2.05, 4.69) is 44.6 Å². The Morgan fingerprint density at radius 3 is 2.69 bits per heavy atom. The van der Waals surface area contributed by atoms with Gasteiger partial charge in [-0.25, -0.2) is 0 Å². The van der Waals surface area contributed by atoms with E-state index in [9.17, 15) is 15.4 Å². The smallest absolute Gasteiger partial charge is 0.254 e. The second kappa shape index (κ2) is 7.67. The summed E-state index contributed by atoms with van der Waals surface area (Å²) in [4.78, 5) is 17.4. The molecule has 32 heavy (non-hydrogen) atoms. The van der Waals surface area contributed by atoms with Crippen LogP contribution in [0.5, 0.6) is 5.75 Å². The van der Waals surface area contributed by atoms with Gasteiger partial charge in [-0.15, -0.1) is 0 Å². The third-order valence-corrected chi connectivity index (χ3v) is 9.37. The highest BCUT2D eigenvalue weighted by molar-refractivity contribution is 5.98. The van der Waals surface area contributed by atoms with Gasteiger partial charge >= 0.3 is 0 Å². The van der Waals surface area contributed by atoms with Crippen molar-refractivity contribution in [2.45, 2.75) is 84.6 Å². The van der Waals surface area contributed by atoms with Crippen molar-refractivity contribution in [1.29, 1.82) is 0 Å². The molecule has 7 nitrogen and oxygen atoms in total. The van der Waals surface area contributed by atoms with E-state index in [4.69, 9.17) is 4.74 Å². The fraction of sp³-hybridized carbons (Fsp3) is 0.720. The Kier molecular flexibility index (Phi) is 5.50. The number of benzene rings is 1. The maximum Gasteiger partial charge on any atom is 0.254 e. The van der Waals surface area contributed by atoms with Crippen molar-refractivity contribution in [3.05, 3.63) is 39.8 Å². The van der Waals surface area contributed by atoms with Crippen molar-refractivity contribution in [3.63, 3.8) is 0 Å². The first-order chi connectivity index (χ1) is 15.0. The van der Waals surface area contributed by atoms with Gasteiger partial charge in [0, 0.05) is 34.4 Å². The summed E-state index contributed by atoms with van der Waals surface area (Å²) < 4.78 is 7.15. The van der Waals surface area contributed by atoms with Crippen molar-refractivity contribution >= 4 is 5.91 Å². The standard InChI is InChI=1S/C25H36N4O3/c1-7-24(5)15(2)11-12-20-23(3,4)21(30)18(27-28-26)13-25(20,24)32-19-10-8-9-16-17(19)14-29(6)22(16)31/h8-10,15,18,20-21,30H,7,11-14H2,1-6H3. The van der Waals surface area contributed by atoms with Gasteiger partial charge in [-0.3, -0.25) is 4.79 Å². The number of amides is 1. The van der Waals surface area contributed by atoms with E-state index in [1.165, 1.54) is 0 Å². The zero-order valence-corrected chi connectivity index (χ0v) is 20.1. The summed E-state index contributed by atoms with van der Waals surface area (Å²) in [6.07, 6.45) is 2.65. The van der Waals surface area contributed by atoms with Crippen LogP contribution in [-0.2, 0) is 6.54 Å². The molecule has 1 heterocycles. The monoisotopic (exact) mass is 440 g/mol. The van der Waals surface area contributed by atoms with Crippen LogP contribution in [0.15, 0.2) is 23.3 Å². The van der Waals surface area contributed by atoms with Gasteiger partial charge in [0.15, 0.2) is 0 Å². The Bertz CT molecular complexity index is 972. The number of rotatable bonds is 4. The maximum atomic E-state index is 12.6. The van der Waals surface area contributed by atoms with Crippen molar-refractivity contribution in [1.82, 2.24) is 4.90 Å². The molecule has 1 aromatic carbocycles. The molecule has 0 bridgehead atoms. The Morgan fingerprint density at radius 1 is 1.31 bits per heavy atom. The fourth-order valence-corrected chi connectivity index (χ4v) is 7.04. The zero-order valence-electron chi connectivity index (χ0n) is 20.1. The van der Waals surface area contributed by atoms with Gasteiger partial charge in [-0.05, 0) is 54.7 Å². The Labute approximate surface area is 190 Å². The van der Waals surface area contributed by atoms with Gasteiger partial charge in [0.25, 0.3) is 5.91 Å². The van der Waals surface area contributed by atoms with Crippen LogP contribution in [0.3, 0.4) is 0 Å². The predicted molar refractivity (Wildman–Crippen MR) is 123 cm³/mol. The van der Waals surface area contributed by atoms with Gasteiger partial charge < -0.3 is 14.7 Å². The Morgan fingerprint density at radius 2 is 2.03 bits per heavy atom. The predicted octanol–water partition coefficient (Wildman–Crippen LogP) is 5.32. The first-order valence-electron chi connectivity index (χ1n) is 11.8. The van der Waals surface area contributed by atoms with E-state index < -0.39 is 23.2 Å². The number of aliphatic hydroxyl groups is 1. The van der Waals surface area contributed by atoms with E-state index in [-0.39, 0.29) is 17.2 Å². The van der Waals surface area contributed by atoms with Crippen LogP contribution in [0.4, 0.5) is 0 Å². The lowest BCUT2D eigenvalue weighted by Crippen LogP contribution is -2.71. The summed E-state index contributed by atoms with van der Waals surface area (Å²) >= 11 is 0. The molecule has 174 valence electrons. The number of carbonyl (C=O) groups is 1. The summed E-state index contributed by atoms with van der Waals surface area (Å²) in [5.74, 6) is 1.25. The molecule has 4 rings (SSSR count). The van der Waals surface area contributed by atoms with Crippen LogP contribution in [-0.4, -0.2) is 40.7 Å². The minimum absolute atomic E-state index is 0.0149. The van der Waals surface area contributed by atoms with Gasteiger partial charge in [0.2, 0.25) is 0 Å². The lowest BCUT2D eigenvalue weighted by molar-refractivity contribution is -0.232. The van der Waals surface area contributed by atoms with E-state index in [0.717, 1.165) is 30.6 Å². The van der Waals surface area contributed by atoms with Crippen molar-refractivity contribution < 1.29 is 14.6 Å². The van der Waals surface area contributed by atoms with Crippen LogP contribution < -0.4 is 4.74 Å². The minimum Gasteiger partial charge on any atom is -0.486 e. The SMILES string of the molecule is CCC1(C)C(C)CCC2C(C)(C)C(O)C(N=[N+]=[N-])CC21Oc1cccc2c1CN(C)C2=O. The highest BCUT2D eigenvalue weighted by atomic mass is 16.5. The second-order valence-electron chi connectivity index (χ2n) is 11.0. The van der Waals surface area contributed by atoms with Crippen molar-refractivity contribution in [2.75, 3.05) is 7.05 Å². The number of azide groups is 1. The normalized spacial score (nSPS) is 38.0. The Balaban J connectivity index is 1.91. The van der Waals surface area contributed by atoms with Crippen molar-refractivity contribution in [2.24, 2.45) is 27.8 Å². The highest BCUT2D eigenvalue weighted by Gasteiger charge is 2.67. The topological polar surface area (TPSA) is 98.5 Å². The number of nitrogens with zero attached hydrogens (tertiary/aromatic N) is 4. The van der Waals surface area contributed by atoms with Crippen LogP contribution in [0, 0.1) is 22.7 Å². The van der Waals surface area contributed by atoms with Gasteiger partial charge in [0.05, 0.1) is 18.7 Å². The lowest BCUT2D eigenvalue weighted by atomic mass is 9.44. The molecule has 0 aromatic heterocycles. The van der Waals surface area contributed by atoms with E-state index in [1.807, 2.05) is 25.2 Å². The number of aliphatic hydroxyl groups excluding tert-OH is 1. The summed E-state index contributed by atoms with van der Waals surface area (Å²) in [5.41, 5.74) is 9.59. The van der Waals surface area contributed by atoms with Crippen LogP contribution >= 0.6 is 0 Å². The summed E-state index contributed by atoms with van der Waals surface area (Å²) in [6, 6.07) is 5.15. The van der Waals surface area contributed by atoms with Gasteiger partial charge in [-0.2, -0.15) is 0 Å². The van der Waals surface area contributed by atoms with Crippen LogP contribution in [0.2, 0.25) is 0 Å². The third-order valence-electron chi connectivity index (χ3n) is 9.37. The summed E-state index contributed by atoms with van der Waals surface area (Å²) in [7, 11) is 1.81. The molecule has 2 saturated carbocycles. The molecule has 2 fully saturated rings. The summed E-state index contributed by atoms with van der Waals surface area (Å²) in [5, 5.41) is 15.3. The van der Waals surface area contributed by atoms with Gasteiger partial charge in [0.1, 0.15) is 11.4 Å².